The zero-order valence-electron chi connectivity index (χ0n) is 10.4. The highest BCUT2D eigenvalue weighted by Gasteiger charge is 2.21. The Balaban J connectivity index is 2.91. The minimum Gasteiger partial charge on any atom is -0.376 e. The highest BCUT2D eigenvalue weighted by Crippen LogP contribution is 2.29. The molecule has 0 fully saturated rings. The third-order valence-electron chi connectivity index (χ3n) is 2.60. The minimum absolute atomic E-state index is 0.123. The second kappa shape index (κ2) is 6.32. The third kappa shape index (κ3) is 3.80. The van der Waals surface area contributed by atoms with Crippen molar-refractivity contribution in [2.75, 3.05) is 27.7 Å². The number of nitro benzene ring substituents is 1. The van der Waals surface area contributed by atoms with Gasteiger partial charge in [0, 0.05) is 19.7 Å². The van der Waals surface area contributed by atoms with Gasteiger partial charge < -0.3 is 9.64 Å². The van der Waals surface area contributed by atoms with Crippen LogP contribution in [0.25, 0.3) is 0 Å². The summed E-state index contributed by atoms with van der Waals surface area (Å²) in [4.78, 5) is 12.6. The summed E-state index contributed by atoms with van der Waals surface area (Å²) < 4.78 is 5.35. The molecule has 0 amide bonds. The molecule has 0 heterocycles. The van der Waals surface area contributed by atoms with Crippen LogP contribution in [-0.2, 0) is 4.74 Å². The Morgan fingerprint density at radius 2 is 2.06 bits per heavy atom. The molecule has 1 atom stereocenters. The number of ether oxygens (including phenoxy) is 1. The van der Waals surface area contributed by atoms with Gasteiger partial charge in [-0.3, -0.25) is 10.1 Å². The Hall–Kier alpha value is -1.46. The van der Waals surface area contributed by atoms with E-state index in [2.05, 4.69) is 0 Å². The molecular weight excluding hydrogens is 220 g/mol. The molecule has 0 bridgehead atoms. The molecule has 5 heteroatoms. The maximum Gasteiger partial charge on any atom is 0.275 e. The highest BCUT2D eigenvalue weighted by molar-refractivity contribution is 5.41. The smallest absolute Gasteiger partial charge is 0.275 e. The number of para-hydroxylation sites is 1. The predicted octanol–water partition coefficient (Wildman–Crippen LogP) is 2.23. The molecule has 1 unspecified atom stereocenters. The van der Waals surface area contributed by atoms with Gasteiger partial charge in [0.15, 0.2) is 0 Å². The second-order valence-electron chi connectivity index (χ2n) is 4.13. The molecule has 5 nitrogen and oxygen atoms in total. The molecule has 94 valence electrons. The van der Waals surface area contributed by atoms with Gasteiger partial charge in [0.1, 0.15) is 0 Å². The van der Waals surface area contributed by atoms with Crippen LogP contribution in [0.15, 0.2) is 24.3 Å². The Bertz CT molecular complexity index is 380. The van der Waals surface area contributed by atoms with Crippen molar-refractivity contribution in [1.82, 2.24) is 4.90 Å². The number of rotatable bonds is 6. The van der Waals surface area contributed by atoms with E-state index in [0.29, 0.717) is 5.56 Å². The topological polar surface area (TPSA) is 55.6 Å². The van der Waals surface area contributed by atoms with Gasteiger partial charge in [-0.05, 0) is 26.6 Å². The lowest BCUT2D eigenvalue weighted by molar-refractivity contribution is -0.386. The Labute approximate surface area is 101 Å². The third-order valence-corrected chi connectivity index (χ3v) is 2.60. The van der Waals surface area contributed by atoms with Crippen LogP contribution in [0.3, 0.4) is 0 Å². The van der Waals surface area contributed by atoms with Gasteiger partial charge in [-0.25, -0.2) is 0 Å². The van der Waals surface area contributed by atoms with E-state index in [0.717, 1.165) is 13.0 Å². The average molecular weight is 238 g/mol. The Kier molecular flexibility index (Phi) is 5.06. The summed E-state index contributed by atoms with van der Waals surface area (Å²) in [5, 5.41) is 10.9. The van der Waals surface area contributed by atoms with E-state index in [9.17, 15) is 10.1 Å². The van der Waals surface area contributed by atoms with Crippen LogP contribution < -0.4 is 0 Å². The first-order valence-corrected chi connectivity index (χ1v) is 5.47. The van der Waals surface area contributed by atoms with Crippen LogP contribution in [0.2, 0.25) is 0 Å². The van der Waals surface area contributed by atoms with E-state index in [-0.39, 0.29) is 16.7 Å². The van der Waals surface area contributed by atoms with Crippen molar-refractivity contribution < 1.29 is 9.66 Å². The molecular formula is C12H18N2O3. The molecule has 0 aliphatic carbocycles. The van der Waals surface area contributed by atoms with E-state index >= 15 is 0 Å². The first-order valence-electron chi connectivity index (χ1n) is 5.47. The van der Waals surface area contributed by atoms with Gasteiger partial charge in [-0.1, -0.05) is 12.1 Å². The first kappa shape index (κ1) is 13.6. The molecule has 0 aliphatic rings. The van der Waals surface area contributed by atoms with Gasteiger partial charge in [0.2, 0.25) is 0 Å². The van der Waals surface area contributed by atoms with Crippen molar-refractivity contribution in [2.24, 2.45) is 0 Å². The molecule has 17 heavy (non-hydrogen) atoms. The van der Waals surface area contributed by atoms with Crippen molar-refractivity contribution in [3.8, 4) is 0 Å². The maximum atomic E-state index is 10.9. The lowest BCUT2D eigenvalue weighted by Crippen LogP contribution is -2.17. The molecule has 0 spiro atoms. The fourth-order valence-electron chi connectivity index (χ4n) is 1.70. The van der Waals surface area contributed by atoms with Gasteiger partial charge in [0.25, 0.3) is 5.69 Å². The zero-order chi connectivity index (χ0) is 12.8. The quantitative estimate of drug-likeness (QED) is 0.563. The molecule has 0 N–H and O–H groups in total. The molecule has 1 rings (SSSR count). The van der Waals surface area contributed by atoms with Crippen LogP contribution in [0.5, 0.6) is 0 Å². The SMILES string of the molecule is COC(CCN(C)C)c1ccccc1[N+](=O)[O-]. The monoisotopic (exact) mass is 238 g/mol. The van der Waals surface area contributed by atoms with Gasteiger partial charge in [-0.15, -0.1) is 0 Å². The molecule has 0 saturated heterocycles. The molecule has 0 aliphatic heterocycles. The first-order chi connectivity index (χ1) is 8.06. The van der Waals surface area contributed by atoms with Crippen molar-refractivity contribution in [1.29, 1.82) is 0 Å². The summed E-state index contributed by atoms with van der Waals surface area (Å²) in [6, 6.07) is 6.73. The number of hydrogen-bond donors (Lipinski definition) is 0. The van der Waals surface area contributed by atoms with Gasteiger partial charge in [0.05, 0.1) is 16.6 Å². The Morgan fingerprint density at radius 3 is 2.59 bits per heavy atom. The summed E-state index contributed by atoms with van der Waals surface area (Å²) in [6.45, 7) is 0.824. The number of methoxy groups -OCH3 is 1. The average Bonchev–Trinajstić information content (AvgIpc) is 2.30. The standard InChI is InChI=1S/C12H18N2O3/c1-13(2)9-8-12(17-3)10-6-4-5-7-11(10)14(15)16/h4-7,12H,8-9H2,1-3H3. The maximum absolute atomic E-state index is 10.9. The fourth-order valence-corrected chi connectivity index (χ4v) is 1.70. The van der Waals surface area contributed by atoms with E-state index in [1.54, 1.807) is 25.3 Å². The lowest BCUT2D eigenvalue weighted by Gasteiger charge is -2.18. The van der Waals surface area contributed by atoms with Crippen LogP contribution >= 0.6 is 0 Å². The number of nitrogens with zero attached hydrogens (tertiary/aromatic N) is 2. The molecule has 0 radical (unpaired) electrons. The van der Waals surface area contributed by atoms with Crippen molar-refractivity contribution in [2.45, 2.75) is 12.5 Å². The second-order valence-corrected chi connectivity index (χ2v) is 4.13. The van der Waals surface area contributed by atoms with Gasteiger partial charge >= 0.3 is 0 Å². The molecule has 0 aromatic heterocycles. The minimum atomic E-state index is -0.364. The highest BCUT2D eigenvalue weighted by atomic mass is 16.6. The molecule has 1 aromatic rings. The summed E-state index contributed by atoms with van der Waals surface area (Å²) in [6.07, 6.45) is 0.493. The lowest BCUT2D eigenvalue weighted by atomic mass is 10.0. The number of benzene rings is 1. The largest absolute Gasteiger partial charge is 0.376 e. The molecule has 1 aromatic carbocycles. The molecule has 0 saturated carbocycles. The van der Waals surface area contributed by atoms with Crippen LogP contribution in [0.4, 0.5) is 5.69 Å². The van der Waals surface area contributed by atoms with E-state index < -0.39 is 0 Å². The summed E-state index contributed by atoms with van der Waals surface area (Å²) in [7, 11) is 5.51. The summed E-state index contributed by atoms with van der Waals surface area (Å²) in [5.74, 6) is 0. The zero-order valence-corrected chi connectivity index (χ0v) is 10.4. The van der Waals surface area contributed by atoms with E-state index in [1.165, 1.54) is 6.07 Å². The van der Waals surface area contributed by atoms with Crippen LogP contribution in [0.1, 0.15) is 18.1 Å². The normalized spacial score (nSPS) is 12.7. The Morgan fingerprint density at radius 1 is 1.41 bits per heavy atom. The summed E-state index contributed by atoms with van der Waals surface area (Å²) >= 11 is 0. The van der Waals surface area contributed by atoms with E-state index in [4.69, 9.17) is 4.74 Å². The number of hydrogen-bond acceptors (Lipinski definition) is 4. The van der Waals surface area contributed by atoms with Crippen molar-refractivity contribution in [3.63, 3.8) is 0 Å². The predicted molar refractivity (Wildman–Crippen MR) is 66.0 cm³/mol. The van der Waals surface area contributed by atoms with Crippen molar-refractivity contribution >= 4 is 5.69 Å². The number of nitro groups is 1. The van der Waals surface area contributed by atoms with Crippen molar-refractivity contribution in [3.05, 3.63) is 39.9 Å². The van der Waals surface area contributed by atoms with Crippen LogP contribution in [0, 0.1) is 10.1 Å². The fraction of sp³-hybridized carbons (Fsp3) is 0.500. The van der Waals surface area contributed by atoms with Gasteiger partial charge in [-0.2, -0.15) is 0 Å². The summed E-state index contributed by atoms with van der Waals surface area (Å²) in [5.41, 5.74) is 0.764. The van der Waals surface area contributed by atoms with E-state index in [1.807, 2.05) is 19.0 Å². The van der Waals surface area contributed by atoms with Crippen LogP contribution in [-0.4, -0.2) is 37.6 Å².